The van der Waals surface area contributed by atoms with Gasteiger partial charge in [-0.25, -0.2) is 4.98 Å². The first kappa shape index (κ1) is 16.6. The monoisotopic (exact) mass is 291 g/mol. The molecule has 0 spiro atoms. The van der Waals surface area contributed by atoms with Crippen LogP contribution >= 0.6 is 0 Å². The molecule has 1 aromatic heterocycles. The Hall–Kier alpha value is -1.50. The Morgan fingerprint density at radius 2 is 1.85 bits per heavy atom. The van der Waals surface area contributed by atoms with Crippen molar-refractivity contribution in [2.75, 3.05) is 30.3 Å². The lowest BCUT2D eigenvalue weighted by Gasteiger charge is -2.15. The topological polar surface area (TPSA) is 57.2 Å². The van der Waals surface area contributed by atoms with Crippen molar-refractivity contribution >= 4 is 11.6 Å². The molecule has 4 nitrogen and oxygen atoms in total. The third-order valence-corrected chi connectivity index (χ3v) is 2.76. The van der Waals surface area contributed by atoms with Crippen molar-refractivity contribution in [1.82, 2.24) is 4.98 Å². The van der Waals surface area contributed by atoms with Crippen LogP contribution in [-0.4, -0.2) is 29.8 Å². The van der Waals surface area contributed by atoms with E-state index in [1.165, 1.54) is 0 Å². The third-order valence-electron chi connectivity index (χ3n) is 2.76. The van der Waals surface area contributed by atoms with E-state index in [-0.39, 0.29) is 24.2 Å². The van der Waals surface area contributed by atoms with E-state index < -0.39 is 11.7 Å². The summed E-state index contributed by atoms with van der Waals surface area (Å²) < 4.78 is 38.4. The zero-order valence-corrected chi connectivity index (χ0v) is 11.6. The molecule has 7 heteroatoms. The van der Waals surface area contributed by atoms with Gasteiger partial charge < -0.3 is 15.7 Å². The van der Waals surface area contributed by atoms with Crippen LogP contribution in [0.4, 0.5) is 24.8 Å². The highest BCUT2D eigenvalue weighted by Crippen LogP contribution is 2.32. The summed E-state index contributed by atoms with van der Waals surface area (Å²) in [7, 11) is 0. The molecule has 3 N–H and O–H groups in total. The number of nitrogens with one attached hydrogen (secondary N) is 2. The summed E-state index contributed by atoms with van der Waals surface area (Å²) in [5, 5.41) is 14.5. The predicted octanol–water partition coefficient (Wildman–Crippen LogP) is 2.96. The first-order valence-electron chi connectivity index (χ1n) is 6.54. The second-order valence-corrected chi connectivity index (χ2v) is 4.65. The minimum atomic E-state index is -4.40. The molecular weight excluding hydrogens is 271 g/mol. The third kappa shape index (κ3) is 5.24. The number of hydrogen-bond donors (Lipinski definition) is 3. The van der Waals surface area contributed by atoms with E-state index in [0.29, 0.717) is 19.5 Å². The Morgan fingerprint density at radius 3 is 2.35 bits per heavy atom. The van der Waals surface area contributed by atoms with Crippen LogP contribution in [0.2, 0.25) is 0 Å². The van der Waals surface area contributed by atoms with Gasteiger partial charge in [-0.2, -0.15) is 13.2 Å². The molecule has 1 heterocycles. The zero-order chi connectivity index (χ0) is 15.2. The van der Waals surface area contributed by atoms with Gasteiger partial charge in [0, 0.05) is 19.7 Å². The van der Waals surface area contributed by atoms with E-state index in [9.17, 15) is 13.2 Å². The maximum absolute atomic E-state index is 12.8. The summed E-state index contributed by atoms with van der Waals surface area (Å²) in [6.07, 6.45) is -3.81. The molecule has 0 aliphatic carbocycles. The molecule has 0 bridgehead atoms. The molecule has 0 aliphatic heterocycles. The van der Waals surface area contributed by atoms with Gasteiger partial charge in [-0.3, -0.25) is 0 Å². The van der Waals surface area contributed by atoms with E-state index in [1.54, 1.807) is 6.92 Å². The van der Waals surface area contributed by atoms with E-state index in [2.05, 4.69) is 15.6 Å². The molecule has 1 atom stereocenters. The number of aromatic nitrogens is 1. The summed E-state index contributed by atoms with van der Waals surface area (Å²) in [5.41, 5.74) is -0.735. The number of halogens is 3. The molecule has 0 fully saturated rings. The molecule has 0 saturated carbocycles. The number of nitrogens with zero attached hydrogens (tertiary/aromatic N) is 1. The first-order valence-corrected chi connectivity index (χ1v) is 6.54. The van der Waals surface area contributed by atoms with Crippen molar-refractivity contribution < 1.29 is 18.3 Å². The highest BCUT2D eigenvalue weighted by Gasteiger charge is 2.31. The zero-order valence-electron chi connectivity index (χ0n) is 11.6. The summed E-state index contributed by atoms with van der Waals surface area (Å²) in [6.45, 7) is 4.71. The fraction of sp³-hybridized carbons (Fsp3) is 0.615. The molecule has 1 rings (SSSR count). The smallest absolute Gasteiger partial charge is 0.396 e. The van der Waals surface area contributed by atoms with E-state index in [1.807, 2.05) is 6.92 Å². The Morgan fingerprint density at radius 1 is 1.25 bits per heavy atom. The van der Waals surface area contributed by atoms with Gasteiger partial charge in [0.05, 0.1) is 5.56 Å². The number of rotatable bonds is 7. The van der Waals surface area contributed by atoms with Crippen molar-refractivity contribution in [3.63, 3.8) is 0 Å². The molecule has 1 aromatic rings. The number of pyridine rings is 1. The maximum Gasteiger partial charge on any atom is 0.416 e. The van der Waals surface area contributed by atoms with Crippen molar-refractivity contribution in [2.24, 2.45) is 5.92 Å². The normalized spacial score (nSPS) is 13.1. The predicted molar refractivity (Wildman–Crippen MR) is 72.8 cm³/mol. The molecule has 20 heavy (non-hydrogen) atoms. The summed E-state index contributed by atoms with van der Waals surface area (Å²) in [5.74, 6) is 0.527. The van der Waals surface area contributed by atoms with Gasteiger partial charge in [0.1, 0.15) is 11.6 Å². The van der Waals surface area contributed by atoms with Gasteiger partial charge in [-0.05, 0) is 31.4 Å². The van der Waals surface area contributed by atoms with Gasteiger partial charge in [0.2, 0.25) is 0 Å². The van der Waals surface area contributed by atoms with Crippen molar-refractivity contribution in [2.45, 2.75) is 26.4 Å². The van der Waals surface area contributed by atoms with Gasteiger partial charge >= 0.3 is 6.18 Å². The molecule has 114 valence electrons. The molecule has 0 radical (unpaired) electrons. The van der Waals surface area contributed by atoms with Crippen LogP contribution in [0.1, 0.15) is 25.8 Å². The highest BCUT2D eigenvalue weighted by atomic mass is 19.4. The Kier molecular flexibility index (Phi) is 6.06. The molecular formula is C13H20F3N3O. The molecule has 0 aromatic carbocycles. The lowest BCUT2D eigenvalue weighted by atomic mass is 10.1. The maximum atomic E-state index is 12.8. The minimum absolute atomic E-state index is 0.0570. The van der Waals surface area contributed by atoms with Crippen LogP contribution in [0, 0.1) is 5.92 Å². The number of aliphatic hydroxyl groups excluding tert-OH is 1. The fourth-order valence-corrected chi connectivity index (χ4v) is 1.66. The average Bonchev–Trinajstić information content (AvgIpc) is 2.36. The summed E-state index contributed by atoms with van der Waals surface area (Å²) >= 11 is 0. The van der Waals surface area contributed by atoms with E-state index in [4.69, 9.17) is 5.11 Å². The molecule has 0 saturated heterocycles. The lowest BCUT2D eigenvalue weighted by Crippen LogP contribution is -2.15. The van der Waals surface area contributed by atoms with Crippen molar-refractivity contribution in [1.29, 1.82) is 0 Å². The van der Waals surface area contributed by atoms with E-state index >= 15 is 0 Å². The van der Waals surface area contributed by atoms with Gasteiger partial charge in [-0.1, -0.05) is 6.92 Å². The fourth-order valence-electron chi connectivity index (χ4n) is 1.66. The Labute approximate surface area is 116 Å². The van der Waals surface area contributed by atoms with Gasteiger partial charge in [0.25, 0.3) is 0 Å². The van der Waals surface area contributed by atoms with Gasteiger partial charge in [0.15, 0.2) is 0 Å². The standard InChI is InChI=1S/C13H20F3N3O/c1-3-17-11-6-10(13(14,15)16)7-12(19-11)18-8-9(2)4-5-20/h6-7,9,20H,3-5,8H2,1-2H3,(H2,17,18,19). The Bertz CT molecular complexity index is 424. The summed E-state index contributed by atoms with van der Waals surface area (Å²) in [6, 6.07) is 1.98. The molecule has 0 amide bonds. The van der Waals surface area contributed by atoms with Crippen LogP contribution in [0.5, 0.6) is 0 Å². The number of hydrogen-bond acceptors (Lipinski definition) is 4. The van der Waals surface area contributed by atoms with Crippen LogP contribution in [-0.2, 0) is 6.18 Å². The van der Waals surface area contributed by atoms with Crippen molar-refractivity contribution in [3.05, 3.63) is 17.7 Å². The number of alkyl halides is 3. The lowest BCUT2D eigenvalue weighted by molar-refractivity contribution is -0.137. The first-order chi connectivity index (χ1) is 9.36. The molecule has 1 unspecified atom stereocenters. The highest BCUT2D eigenvalue weighted by molar-refractivity contribution is 5.49. The molecule has 0 aliphatic rings. The Balaban J connectivity index is 2.86. The second-order valence-electron chi connectivity index (χ2n) is 4.65. The average molecular weight is 291 g/mol. The van der Waals surface area contributed by atoms with Crippen LogP contribution in [0.15, 0.2) is 12.1 Å². The van der Waals surface area contributed by atoms with Gasteiger partial charge in [-0.15, -0.1) is 0 Å². The number of aliphatic hydroxyl groups is 1. The van der Waals surface area contributed by atoms with Crippen molar-refractivity contribution in [3.8, 4) is 0 Å². The van der Waals surface area contributed by atoms with Crippen LogP contribution in [0.25, 0.3) is 0 Å². The second kappa shape index (κ2) is 7.33. The summed E-state index contributed by atoms with van der Waals surface area (Å²) in [4.78, 5) is 4.08. The quantitative estimate of drug-likeness (QED) is 0.723. The largest absolute Gasteiger partial charge is 0.416 e. The number of anilines is 2. The van der Waals surface area contributed by atoms with E-state index in [0.717, 1.165) is 12.1 Å². The van der Waals surface area contributed by atoms with Crippen LogP contribution in [0.3, 0.4) is 0 Å². The minimum Gasteiger partial charge on any atom is -0.396 e. The SMILES string of the molecule is CCNc1cc(C(F)(F)F)cc(NCC(C)CCO)n1. The van der Waals surface area contributed by atoms with Crippen LogP contribution < -0.4 is 10.6 Å².